The molecule has 0 spiro atoms. The molecule has 0 amide bonds. The first-order valence-corrected chi connectivity index (χ1v) is 7.09. The Balaban J connectivity index is 1.66. The topological polar surface area (TPSA) is 12.0 Å². The number of halogens is 1. The highest BCUT2D eigenvalue weighted by Crippen LogP contribution is 2.26. The summed E-state index contributed by atoms with van der Waals surface area (Å²) in [6, 6.07) is 8.44. The van der Waals surface area contributed by atoms with E-state index in [1.54, 1.807) is 0 Å². The molecule has 0 bridgehead atoms. The average Bonchev–Trinajstić information content (AvgIpc) is 2.79. The van der Waals surface area contributed by atoms with Gasteiger partial charge in [0.15, 0.2) is 0 Å². The van der Waals surface area contributed by atoms with Crippen molar-refractivity contribution in [2.45, 2.75) is 38.6 Å². The van der Waals surface area contributed by atoms with Gasteiger partial charge >= 0.3 is 0 Å². The number of benzene rings is 1. The van der Waals surface area contributed by atoms with Crippen LogP contribution in [0, 0.1) is 5.92 Å². The van der Waals surface area contributed by atoms with Crippen molar-refractivity contribution in [2.75, 3.05) is 6.54 Å². The van der Waals surface area contributed by atoms with E-state index in [0.717, 1.165) is 19.0 Å². The van der Waals surface area contributed by atoms with Crippen LogP contribution >= 0.6 is 15.9 Å². The standard InChI is InChI=1S/C14H20BrN/c15-14-8-4-3-7-13(14)11-16-10-9-12-5-1-2-6-12/h3-4,7-8,12,16H,1-2,5-6,9-11H2. The Kier molecular flexibility index (Phi) is 4.86. The predicted molar refractivity (Wildman–Crippen MR) is 72.4 cm³/mol. The van der Waals surface area contributed by atoms with Crippen molar-refractivity contribution in [2.24, 2.45) is 5.92 Å². The molecule has 1 aromatic rings. The molecular weight excluding hydrogens is 262 g/mol. The molecule has 1 fully saturated rings. The highest BCUT2D eigenvalue weighted by molar-refractivity contribution is 9.10. The van der Waals surface area contributed by atoms with Crippen molar-refractivity contribution < 1.29 is 0 Å². The molecule has 0 atom stereocenters. The molecule has 2 heteroatoms. The predicted octanol–water partition coefficient (Wildman–Crippen LogP) is 4.12. The molecule has 2 rings (SSSR count). The molecule has 0 unspecified atom stereocenters. The summed E-state index contributed by atoms with van der Waals surface area (Å²) in [5, 5.41) is 3.54. The maximum absolute atomic E-state index is 3.57. The van der Waals surface area contributed by atoms with Gasteiger partial charge in [-0.25, -0.2) is 0 Å². The zero-order chi connectivity index (χ0) is 11.2. The van der Waals surface area contributed by atoms with E-state index in [0.29, 0.717) is 0 Å². The van der Waals surface area contributed by atoms with Gasteiger partial charge in [-0.15, -0.1) is 0 Å². The largest absolute Gasteiger partial charge is 0.313 e. The van der Waals surface area contributed by atoms with Crippen LogP contribution < -0.4 is 5.32 Å². The van der Waals surface area contributed by atoms with E-state index >= 15 is 0 Å². The first kappa shape index (κ1) is 12.1. The van der Waals surface area contributed by atoms with E-state index in [4.69, 9.17) is 0 Å². The first-order chi connectivity index (χ1) is 7.86. The Morgan fingerprint density at radius 1 is 1.19 bits per heavy atom. The summed E-state index contributed by atoms with van der Waals surface area (Å²) >= 11 is 3.57. The minimum atomic E-state index is 0.980. The van der Waals surface area contributed by atoms with Gasteiger partial charge in [-0.2, -0.15) is 0 Å². The van der Waals surface area contributed by atoms with Crippen LogP contribution in [0.2, 0.25) is 0 Å². The summed E-state index contributed by atoms with van der Waals surface area (Å²) in [6.45, 7) is 2.14. The minimum Gasteiger partial charge on any atom is -0.313 e. The van der Waals surface area contributed by atoms with Crippen LogP contribution in [0.5, 0.6) is 0 Å². The Bertz CT molecular complexity index is 318. The number of hydrogen-bond donors (Lipinski definition) is 1. The molecule has 0 radical (unpaired) electrons. The summed E-state index contributed by atoms with van der Waals surface area (Å²) in [5.74, 6) is 0.992. The van der Waals surface area contributed by atoms with Gasteiger partial charge in [0, 0.05) is 11.0 Å². The SMILES string of the molecule is Brc1ccccc1CNCCC1CCCC1. The van der Waals surface area contributed by atoms with Crippen molar-refractivity contribution >= 4 is 15.9 Å². The maximum Gasteiger partial charge on any atom is 0.0220 e. The fraction of sp³-hybridized carbons (Fsp3) is 0.571. The number of rotatable bonds is 5. The number of nitrogens with one attached hydrogen (secondary N) is 1. The third-order valence-corrected chi connectivity index (χ3v) is 4.25. The Morgan fingerprint density at radius 3 is 2.69 bits per heavy atom. The lowest BCUT2D eigenvalue weighted by Crippen LogP contribution is -2.17. The molecule has 1 aliphatic rings. The van der Waals surface area contributed by atoms with Crippen LogP contribution in [0.1, 0.15) is 37.7 Å². The van der Waals surface area contributed by atoms with Crippen LogP contribution in [0.25, 0.3) is 0 Å². The van der Waals surface area contributed by atoms with E-state index in [-0.39, 0.29) is 0 Å². The smallest absolute Gasteiger partial charge is 0.0220 e. The lowest BCUT2D eigenvalue weighted by molar-refractivity contribution is 0.477. The molecule has 0 aromatic heterocycles. The van der Waals surface area contributed by atoms with Crippen molar-refractivity contribution in [3.63, 3.8) is 0 Å². The molecule has 1 aliphatic carbocycles. The highest BCUT2D eigenvalue weighted by Gasteiger charge is 2.13. The van der Waals surface area contributed by atoms with Gasteiger partial charge in [-0.05, 0) is 30.5 Å². The second-order valence-corrected chi connectivity index (χ2v) is 5.56. The summed E-state index contributed by atoms with van der Waals surface area (Å²) in [6.07, 6.45) is 7.17. The van der Waals surface area contributed by atoms with Crippen LogP contribution in [0.15, 0.2) is 28.7 Å². The molecule has 1 nitrogen and oxygen atoms in total. The van der Waals surface area contributed by atoms with Gasteiger partial charge in [0.25, 0.3) is 0 Å². The van der Waals surface area contributed by atoms with Gasteiger partial charge < -0.3 is 5.32 Å². The second kappa shape index (κ2) is 6.41. The quantitative estimate of drug-likeness (QED) is 0.801. The Hall–Kier alpha value is -0.340. The average molecular weight is 282 g/mol. The van der Waals surface area contributed by atoms with Crippen LogP contribution in [0.3, 0.4) is 0 Å². The molecular formula is C14H20BrN. The molecule has 16 heavy (non-hydrogen) atoms. The molecule has 1 N–H and O–H groups in total. The van der Waals surface area contributed by atoms with Crippen LogP contribution in [0.4, 0.5) is 0 Å². The lowest BCUT2D eigenvalue weighted by Gasteiger charge is -2.10. The van der Waals surface area contributed by atoms with Crippen molar-refractivity contribution in [1.82, 2.24) is 5.32 Å². The Labute approximate surface area is 107 Å². The monoisotopic (exact) mass is 281 g/mol. The third kappa shape index (κ3) is 3.60. The fourth-order valence-electron chi connectivity index (χ4n) is 2.47. The zero-order valence-electron chi connectivity index (χ0n) is 9.71. The molecule has 88 valence electrons. The fourth-order valence-corrected chi connectivity index (χ4v) is 2.90. The van der Waals surface area contributed by atoms with Gasteiger partial charge in [-0.1, -0.05) is 59.8 Å². The first-order valence-electron chi connectivity index (χ1n) is 6.30. The molecule has 0 saturated heterocycles. The van der Waals surface area contributed by atoms with Gasteiger partial charge in [0.05, 0.1) is 0 Å². The second-order valence-electron chi connectivity index (χ2n) is 4.71. The van der Waals surface area contributed by atoms with E-state index in [2.05, 4.69) is 45.5 Å². The van der Waals surface area contributed by atoms with Crippen molar-refractivity contribution in [3.05, 3.63) is 34.3 Å². The van der Waals surface area contributed by atoms with Gasteiger partial charge in [0.2, 0.25) is 0 Å². The normalized spacial score (nSPS) is 16.8. The summed E-state index contributed by atoms with van der Waals surface area (Å²) in [7, 11) is 0. The van der Waals surface area contributed by atoms with E-state index in [1.807, 2.05) is 0 Å². The summed E-state index contributed by atoms with van der Waals surface area (Å²) < 4.78 is 1.21. The third-order valence-electron chi connectivity index (χ3n) is 3.48. The minimum absolute atomic E-state index is 0.980. The molecule has 1 saturated carbocycles. The highest BCUT2D eigenvalue weighted by atomic mass is 79.9. The van der Waals surface area contributed by atoms with Crippen molar-refractivity contribution in [3.8, 4) is 0 Å². The van der Waals surface area contributed by atoms with E-state index in [1.165, 1.54) is 42.1 Å². The van der Waals surface area contributed by atoms with Crippen molar-refractivity contribution in [1.29, 1.82) is 0 Å². The zero-order valence-corrected chi connectivity index (χ0v) is 11.3. The number of hydrogen-bond acceptors (Lipinski definition) is 1. The summed E-state index contributed by atoms with van der Waals surface area (Å²) in [5.41, 5.74) is 1.36. The van der Waals surface area contributed by atoms with Gasteiger partial charge in [0.1, 0.15) is 0 Å². The van der Waals surface area contributed by atoms with Gasteiger partial charge in [-0.3, -0.25) is 0 Å². The van der Waals surface area contributed by atoms with Crippen LogP contribution in [-0.2, 0) is 6.54 Å². The summed E-state index contributed by atoms with van der Waals surface area (Å²) in [4.78, 5) is 0. The molecule has 1 aromatic carbocycles. The lowest BCUT2D eigenvalue weighted by atomic mass is 10.0. The molecule has 0 aliphatic heterocycles. The van der Waals surface area contributed by atoms with Crippen LogP contribution in [-0.4, -0.2) is 6.54 Å². The van der Waals surface area contributed by atoms with E-state index in [9.17, 15) is 0 Å². The molecule has 0 heterocycles. The maximum atomic E-state index is 3.57. The van der Waals surface area contributed by atoms with E-state index < -0.39 is 0 Å². The Morgan fingerprint density at radius 2 is 1.94 bits per heavy atom.